The molecule has 4 heteroatoms. The van der Waals surface area contributed by atoms with Gasteiger partial charge in [0.2, 0.25) is 0 Å². The van der Waals surface area contributed by atoms with Crippen molar-refractivity contribution in [3.63, 3.8) is 0 Å². The van der Waals surface area contributed by atoms with E-state index < -0.39 is 0 Å². The Morgan fingerprint density at radius 2 is 1.67 bits per heavy atom. The van der Waals surface area contributed by atoms with Gasteiger partial charge in [-0.15, -0.1) is 0 Å². The monoisotopic (exact) mass is 359 g/mol. The number of hydrogen-bond donors (Lipinski definition) is 2. The van der Waals surface area contributed by atoms with Crippen LogP contribution in [0.2, 0.25) is 0 Å². The fraction of sp³-hybridized carbons (Fsp3) is 0.348. The van der Waals surface area contributed by atoms with Crippen molar-refractivity contribution in [3.8, 4) is 11.3 Å². The number of hydrogen-bond acceptors (Lipinski definition) is 2. The molecular weight excluding hydrogens is 334 g/mol. The molecule has 138 valence electrons. The van der Waals surface area contributed by atoms with E-state index in [1.807, 2.05) is 37.4 Å². The Kier molecular flexibility index (Phi) is 4.01. The predicted molar refractivity (Wildman–Crippen MR) is 109 cm³/mol. The number of carbonyl (C=O) groups is 1. The van der Waals surface area contributed by atoms with Gasteiger partial charge in [-0.25, -0.2) is 0 Å². The number of nitrogens with zero attached hydrogens (tertiary/aromatic N) is 1. The minimum atomic E-state index is 0.0527. The Morgan fingerprint density at radius 3 is 2.41 bits per heavy atom. The van der Waals surface area contributed by atoms with Crippen LogP contribution < -0.4 is 10.6 Å². The van der Waals surface area contributed by atoms with Gasteiger partial charge in [0.15, 0.2) is 0 Å². The SMILES string of the molecule is Cn1c(-c2ccccc2)c(C(=O)NC2C[C@H]3CC[C@@H](C2)N3)c2ccccc21. The van der Waals surface area contributed by atoms with E-state index in [2.05, 4.69) is 39.5 Å². The van der Waals surface area contributed by atoms with Crippen LogP contribution in [0.1, 0.15) is 36.0 Å². The maximum absolute atomic E-state index is 13.4. The minimum Gasteiger partial charge on any atom is -0.349 e. The molecule has 0 spiro atoms. The summed E-state index contributed by atoms with van der Waals surface area (Å²) < 4.78 is 2.14. The summed E-state index contributed by atoms with van der Waals surface area (Å²) >= 11 is 0. The maximum Gasteiger partial charge on any atom is 0.254 e. The lowest BCUT2D eigenvalue weighted by Gasteiger charge is -2.29. The van der Waals surface area contributed by atoms with Crippen LogP contribution in [0.25, 0.3) is 22.2 Å². The highest BCUT2D eigenvalue weighted by molar-refractivity contribution is 6.12. The number of nitrogens with one attached hydrogen (secondary N) is 2. The predicted octanol–water partition coefficient (Wildman–Crippen LogP) is 3.86. The summed E-state index contributed by atoms with van der Waals surface area (Å²) in [4.78, 5) is 13.4. The lowest BCUT2D eigenvalue weighted by molar-refractivity contribution is 0.0926. The molecule has 3 aromatic rings. The Hall–Kier alpha value is -2.59. The standard InChI is InChI=1S/C23H25N3O/c1-26-20-10-6-5-9-19(20)21(22(26)15-7-3-2-4-8-15)23(27)25-18-13-16-11-12-17(14-18)24-16/h2-10,16-18,24H,11-14H2,1H3,(H,25,27)/t16-,17+,18?. The zero-order chi connectivity index (χ0) is 18.4. The number of aromatic nitrogens is 1. The number of piperidine rings is 1. The average Bonchev–Trinajstić information content (AvgIpc) is 3.19. The molecule has 2 bridgehead atoms. The first-order valence-electron chi connectivity index (χ1n) is 9.90. The van der Waals surface area contributed by atoms with Crippen LogP contribution in [0, 0.1) is 0 Å². The summed E-state index contributed by atoms with van der Waals surface area (Å²) in [5.74, 6) is 0.0527. The zero-order valence-electron chi connectivity index (χ0n) is 15.6. The highest BCUT2D eigenvalue weighted by atomic mass is 16.1. The van der Waals surface area contributed by atoms with Crippen LogP contribution in [-0.2, 0) is 7.05 Å². The molecule has 2 aromatic carbocycles. The third kappa shape index (κ3) is 2.85. The van der Waals surface area contributed by atoms with Crippen molar-refractivity contribution in [2.45, 2.75) is 43.8 Å². The number of fused-ring (bicyclic) bond motifs is 3. The smallest absolute Gasteiger partial charge is 0.254 e. The van der Waals surface area contributed by atoms with Gasteiger partial charge in [0.05, 0.1) is 11.3 Å². The van der Waals surface area contributed by atoms with Gasteiger partial charge in [-0.1, -0.05) is 48.5 Å². The van der Waals surface area contributed by atoms with Crippen molar-refractivity contribution in [1.82, 2.24) is 15.2 Å². The lowest BCUT2D eigenvalue weighted by atomic mass is 9.98. The fourth-order valence-corrected chi connectivity index (χ4v) is 4.99. The molecule has 5 rings (SSSR count). The van der Waals surface area contributed by atoms with Gasteiger partial charge in [0.25, 0.3) is 5.91 Å². The van der Waals surface area contributed by atoms with Crippen LogP contribution in [0.3, 0.4) is 0 Å². The maximum atomic E-state index is 13.4. The van der Waals surface area contributed by atoms with E-state index in [0.29, 0.717) is 12.1 Å². The van der Waals surface area contributed by atoms with Gasteiger partial charge in [0.1, 0.15) is 0 Å². The Morgan fingerprint density at radius 1 is 1.00 bits per heavy atom. The van der Waals surface area contributed by atoms with Crippen molar-refractivity contribution >= 4 is 16.8 Å². The molecule has 3 atom stereocenters. The molecule has 0 saturated carbocycles. The third-order valence-electron chi connectivity index (χ3n) is 6.19. The first-order chi connectivity index (χ1) is 13.2. The fourth-order valence-electron chi connectivity index (χ4n) is 4.99. The summed E-state index contributed by atoms with van der Waals surface area (Å²) in [5.41, 5.74) is 3.95. The van der Waals surface area contributed by atoms with Crippen molar-refractivity contribution in [2.75, 3.05) is 0 Å². The van der Waals surface area contributed by atoms with Crippen LogP contribution in [0.4, 0.5) is 0 Å². The van der Waals surface area contributed by atoms with E-state index in [9.17, 15) is 4.79 Å². The molecule has 0 aliphatic carbocycles. The molecule has 2 saturated heterocycles. The number of para-hydroxylation sites is 1. The van der Waals surface area contributed by atoms with Crippen LogP contribution >= 0.6 is 0 Å². The average molecular weight is 359 g/mol. The molecule has 27 heavy (non-hydrogen) atoms. The van der Waals surface area contributed by atoms with E-state index in [1.165, 1.54) is 12.8 Å². The highest BCUT2D eigenvalue weighted by Gasteiger charge is 2.34. The van der Waals surface area contributed by atoms with Gasteiger partial charge < -0.3 is 15.2 Å². The molecule has 1 amide bonds. The second-order valence-electron chi connectivity index (χ2n) is 7.95. The van der Waals surface area contributed by atoms with Gasteiger partial charge in [-0.05, 0) is 37.3 Å². The quantitative estimate of drug-likeness (QED) is 0.746. The molecule has 2 fully saturated rings. The molecular formula is C23H25N3O. The van der Waals surface area contributed by atoms with Gasteiger partial charge in [0, 0.05) is 36.1 Å². The largest absolute Gasteiger partial charge is 0.349 e. The van der Waals surface area contributed by atoms with E-state index >= 15 is 0 Å². The van der Waals surface area contributed by atoms with Crippen LogP contribution in [0.15, 0.2) is 54.6 Å². The number of amides is 1. The Bertz CT molecular complexity index is 980. The summed E-state index contributed by atoms with van der Waals surface area (Å²) in [6.45, 7) is 0. The van der Waals surface area contributed by atoms with Crippen molar-refractivity contribution < 1.29 is 4.79 Å². The van der Waals surface area contributed by atoms with Gasteiger partial charge in [-0.3, -0.25) is 4.79 Å². The van der Waals surface area contributed by atoms with Crippen LogP contribution in [0.5, 0.6) is 0 Å². The molecule has 2 N–H and O–H groups in total. The van der Waals surface area contributed by atoms with Gasteiger partial charge >= 0.3 is 0 Å². The number of aryl methyl sites for hydroxylation is 1. The molecule has 4 nitrogen and oxygen atoms in total. The Labute approximate surface area is 159 Å². The molecule has 2 aliphatic rings. The topological polar surface area (TPSA) is 46.1 Å². The summed E-state index contributed by atoms with van der Waals surface area (Å²) in [6, 6.07) is 19.8. The van der Waals surface area contributed by atoms with E-state index in [0.717, 1.165) is 40.6 Å². The Balaban J connectivity index is 1.56. The van der Waals surface area contributed by atoms with Gasteiger partial charge in [-0.2, -0.15) is 0 Å². The number of rotatable bonds is 3. The normalized spacial score (nSPS) is 24.3. The molecule has 2 aliphatic heterocycles. The molecule has 1 aromatic heterocycles. The van der Waals surface area contributed by atoms with Crippen molar-refractivity contribution in [1.29, 1.82) is 0 Å². The second kappa shape index (κ2) is 6.54. The molecule has 3 heterocycles. The minimum absolute atomic E-state index is 0.0527. The van der Waals surface area contributed by atoms with E-state index in [4.69, 9.17) is 0 Å². The van der Waals surface area contributed by atoms with Crippen molar-refractivity contribution in [2.24, 2.45) is 7.05 Å². The summed E-state index contributed by atoms with van der Waals surface area (Å²) in [6.07, 6.45) is 4.54. The zero-order valence-corrected chi connectivity index (χ0v) is 15.6. The molecule has 1 unspecified atom stereocenters. The van der Waals surface area contributed by atoms with Crippen molar-refractivity contribution in [3.05, 3.63) is 60.2 Å². The van der Waals surface area contributed by atoms with E-state index in [-0.39, 0.29) is 11.9 Å². The second-order valence-corrected chi connectivity index (χ2v) is 7.95. The number of benzene rings is 2. The summed E-state index contributed by atoms with van der Waals surface area (Å²) in [7, 11) is 2.05. The number of carbonyl (C=O) groups excluding carboxylic acids is 1. The lowest BCUT2D eigenvalue weighted by Crippen LogP contribution is -2.48. The van der Waals surface area contributed by atoms with E-state index in [1.54, 1.807) is 0 Å². The third-order valence-corrected chi connectivity index (χ3v) is 6.19. The first-order valence-corrected chi connectivity index (χ1v) is 9.90. The highest BCUT2D eigenvalue weighted by Crippen LogP contribution is 2.34. The van der Waals surface area contributed by atoms with Crippen LogP contribution in [-0.4, -0.2) is 28.6 Å². The molecule has 0 radical (unpaired) electrons. The summed E-state index contributed by atoms with van der Waals surface area (Å²) in [5, 5.41) is 8.03. The first kappa shape index (κ1) is 16.6.